The summed E-state index contributed by atoms with van der Waals surface area (Å²) in [5, 5.41) is 9.10. The van der Waals surface area contributed by atoms with Crippen LogP contribution < -0.4 is 16.1 Å². The second-order valence-electron chi connectivity index (χ2n) is 5.83. The molecule has 0 radical (unpaired) electrons. The van der Waals surface area contributed by atoms with Crippen molar-refractivity contribution in [2.75, 3.05) is 5.32 Å². The highest BCUT2D eigenvalue weighted by Crippen LogP contribution is 2.10. The van der Waals surface area contributed by atoms with E-state index in [0.29, 0.717) is 29.1 Å². The number of hydrazone groups is 1. The molecule has 7 nitrogen and oxygen atoms in total. The van der Waals surface area contributed by atoms with Crippen LogP contribution in [0.25, 0.3) is 0 Å². The molecule has 0 spiro atoms. The standard InChI is InChI=1S/C19H19FN4O3/c1-12(11-18(26)22-17-9-5-15(20)6-10-17)23-24-19(27)14-3-7-16(8-4-14)21-13(2)25/h5-10H,3,11H2,1-2H3,(H,21,25)(H,22,26)(H,24,27)/b23-12+. The summed E-state index contributed by atoms with van der Waals surface area (Å²) in [5.74, 6) is -1.37. The monoisotopic (exact) mass is 370 g/mol. The predicted molar refractivity (Wildman–Crippen MR) is 99.0 cm³/mol. The van der Waals surface area contributed by atoms with E-state index in [9.17, 15) is 18.8 Å². The van der Waals surface area contributed by atoms with Crippen LogP contribution >= 0.6 is 0 Å². The molecule has 0 bridgehead atoms. The first-order valence-electron chi connectivity index (χ1n) is 8.15. The molecule has 1 aromatic rings. The van der Waals surface area contributed by atoms with Crippen molar-refractivity contribution in [1.82, 2.24) is 10.7 Å². The van der Waals surface area contributed by atoms with E-state index in [1.165, 1.54) is 37.3 Å². The number of rotatable bonds is 6. The van der Waals surface area contributed by atoms with Crippen molar-refractivity contribution < 1.29 is 18.8 Å². The summed E-state index contributed by atoms with van der Waals surface area (Å²) in [4.78, 5) is 34.9. The average Bonchev–Trinajstić information content (AvgIpc) is 2.61. The summed E-state index contributed by atoms with van der Waals surface area (Å²) in [6.07, 6.45) is 3.47. The minimum absolute atomic E-state index is 0.0286. The lowest BCUT2D eigenvalue weighted by molar-refractivity contribution is -0.118. The lowest BCUT2D eigenvalue weighted by Gasteiger charge is -2.08. The van der Waals surface area contributed by atoms with Crippen LogP contribution in [0.2, 0.25) is 0 Å². The number of nitrogens with zero attached hydrogens (tertiary/aromatic N) is 1. The molecule has 140 valence electrons. The highest BCUT2D eigenvalue weighted by atomic mass is 19.1. The van der Waals surface area contributed by atoms with Gasteiger partial charge in [0.2, 0.25) is 11.8 Å². The summed E-state index contributed by atoms with van der Waals surface area (Å²) < 4.78 is 12.8. The second-order valence-corrected chi connectivity index (χ2v) is 5.83. The van der Waals surface area contributed by atoms with Crippen LogP contribution in [0.1, 0.15) is 26.7 Å². The van der Waals surface area contributed by atoms with Gasteiger partial charge >= 0.3 is 0 Å². The zero-order chi connectivity index (χ0) is 19.8. The van der Waals surface area contributed by atoms with E-state index in [1.807, 2.05) is 0 Å². The highest BCUT2D eigenvalue weighted by molar-refractivity contribution is 6.06. The molecule has 0 aliphatic heterocycles. The number of halogens is 1. The lowest BCUT2D eigenvalue weighted by Crippen LogP contribution is -2.24. The van der Waals surface area contributed by atoms with E-state index in [4.69, 9.17) is 0 Å². The molecule has 2 rings (SSSR count). The van der Waals surface area contributed by atoms with Gasteiger partial charge in [0.05, 0.1) is 12.0 Å². The first kappa shape index (κ1) is 19.8. The topological polar surface area (TPSA) is 99.7 Å². The number of anilines is 1. The smallest absolute Gasteiger partial charge is 0.275 e. The van der Waals surface area contributed by atoms with Crippen LogP contribution in [0, 0.1) is 5.82 Å². The fraction of sp³-hybridized carbons (Fsp3) is 0.211. The lowest BCUT2D eigenvalue weighted by atomic mass is 10.1. The number of hydrogen-bond acceptors (Lipinski definition) is 4. The third-order valence-electron chi connectivity index (χ3n) is 3.42. The SMILES string of the molecule is CC(=O)NC1=CCC(C(=O)N/N=C(\C)CC(=O)Nc2ccc(F)cc2)=C=C1. The van der Waals surface area contributed by atoms with E-state index < -0.39 is 11.7 Å². The van der Waals surface area contributed by atoms with Crippen molar-refractivity contribution in [3.63, 3.8) is 0 Å². The van der Waals surface area contributed by atoms with Gasteiger partial charge in [-0.05, 0) is 31.2 Å². The Morgan fingerprint density at radius 3 is 2.44 bits per heavy atom. The highest BCUT2D eigenvalue weighted by Gasteiger charge is 2.11. The molecule has 0 fully saturated rings. The fourth-order valence-electron chi connectivity index (χ4n) is 2.17. The minimum atomic E-state index is -0.442. The van der Waals surface area contributed by atoms with Gasteiger partial charge in [0.1, 0.15) is 5.82 Å². The Morgan fingerprint density at radius 1 is 1.15 bits per heavy atom. The molecule has 0 unspecified atom stereocenters. The number of hydrogen-bond donors (Lipinski definition) is 3. The van der Waals surface area contributed by atoms with Crippen molar-refractivity contribution in [3.8, 4) is 0 Å². The van der Waals surface area contributed by atoms with Gasteiger partial charge in [0.25, 0.3) is 5.91 Å². The van der Waals surface area contributed by atoms with Crippen LogP contribution in [0.15, 0.2) is 58.5 Å². The van der Waals surface area contributed by atoms with Gasteiger partial charge in [-0.25, -0.2) is 9.82 Å². The molecular formula is C19H19FN4O3. The van der Waals surface area contributed by atoms with E-state index in [-0.39, 0.29) is 18.2 Å². The van der Waals surface area contributed by atoms with Gasteiger partial charge in [-0.15, -0.1) is 5.73 Å². The Bertz CT molecular complexity index is 879. The summed E-state index contributed by atoms with van der Waals surface area (Å²) >= 11 is 0. The van der Waals surface area contributed by atoms with Gasteiger partial charge in [0, 0.05) is 36.5 Å². The van der Waals surface area contributed by atoms with Crippen LogP contribution in [-0.2, 0) is 14.4 Å². The summed E-state index contributed by atoms with van der Waals surface area (Å²) in [6.45, 7) is 2.99. The Hall–Kier alpha value is -3.51. The molecule has 3 N–H and O–H groups in total. The van der Waals surface area contributed by atoms with Crippen molar-refractivity contribution in [2.45, 2.75) is 26.7 Å². The second kappa shape index (κ2) is 9.26. The first-order chi connectivity index (χ1) is 12.8. The van der Waals surface area contributed by atoms with E-state index in [1.54, 1.807) is 13.0 Å². The van der Waals surface area contributed by atoms with Gasteiger partial charge in [0.15, 0.2) is 0 Å². The van der Waals surface area contributed by atoms with Crippen molar-refractivity contribution in [1.29, 1.82) is 0 Å². The molecule has 0 saturated heterocycles. The van der Waals surface area contributed by atoms with Gasteiger partial charge in [-0.3, -0.25) is 14.4 Å². The minimum Gasteiger partial charge on any atom is -0.326 e. The molecule has 8 heteroatoms. The average molecular weight is 370 g/mol. The third-order valence-corrected chi connectivity index (χ3v) is 3.42. The molecule has 1 aliphatic rings. The van der Waals surface area contributed by atoms with Crippen molar-refractivity contribution in [3.05, 3.63) is 59.2 Å². The number of carbonyl (C=O) groups excluding carboxylic acids is 3. The van der Waals surface area contributed by atoms with Crippen LogP contribution in [0.5, 0.6) is 0 Å². The maximum Gasteiger partial charge on any atom is 0.275 e. The summed E-state index contributed by atoms with van der Waals surface area (Å²) in [7, 11) is 0. The van der Waals surface area contributed by atoms with E-state index >= 15 is 0 Å². The Morgan fingerprint density at radius 2 is 1.85 bits per heavy atom. The molecule has 0 atom stereocenters. The fourth-order valence-corrected chi connectivity index (χ4v) is 2.17. The molecule has 0 aromatic heterocycles. The first-order valence-corrected chi connectivity index (χ1v) is 8.15. The Kier molecular flexibility index (Phi) is 6.79. The zero-order valence-corrected chi connectivity index (χ0v) is 14.9. The number of nitrogens with one attached hydrogen (secondary N) is 3. The zero-order valence-electron chi connectivity index (χ0n) is 14.9. The number of amides is 3. The van der Waals surface area contributed by atoms with E-state index in [0.717, 1.165) is 0 Å². The van der Waals surface area contributed by atoms with Crippen molar-refractivity contribution >= 4 is 29.1 Å². The van der Waals surface area contributed by atoms with Gasteiger partial charge in [-0.1, -0.05) is 6.08 Å². The molecule has 1 aliphatic carbocycles. The number of carbonyl (C=O) groups is 3. The Labute approximate surface area is 155 Å². The molecule has 27 heavy (non-hydrogen) atoms. The molecule has 0 saturated carbocycles. The number of allylic oxidation sites excluding steroid dienone is 2. The molecule has 0 heterocycles. The largest absolute Gasteiger partial charge is 0.326 e. The van der Waals surface area contributed by atoms with Gasteiger partial charge < -0.3 is 10.6 Å². The van der Waals surface area contributed by atoms with Crippen LogP contribution in [0.4, 0.5) is 10.1 Å². The Balaban J connectivity index is 1.85. The predicted octanol–water partition coefficient (Wildman–Crippen LogP) is 2.15. The van der Waals surface area contributed by atoms with Crippen molar-refractivity contribution in [2.24, 2.45) is 5.10 Å². The normalized spacial score (nSPS) is 13.4. The maximum atomic E-state index is 12.8. The van der Waals surface area contributed by atoms with E-state index in [2.05, 4.69) is 26.9 Å². The quantitative estimate of drug-likeness (QED) is 0.406. The third kappa shape index (κ3) is 6.72. The summed E-state index contributed by atoms with van der Waals surface area (Å²) in [5.41, 5.74) is 6.97. The summed E-state index contributed by atoms with van der Waals surface area (Å²) in [6, 6.07) is 5.39. The van der Waals surface area contributed by atoms with Crippen LogP contribution in [-0.4, -0.2) is 23.4 Å². The molecular weight excluding hydrogens is 351 g/mol. The van der Waals surface area contributed by atoms with Crippen LogP contribution in [0.3, 0.4) is 0 Å². The molecule has 3 amide bonds. The van der Waals surface area contributed by atoms with Gasteiger partial charge in [-0.2, -0.15) is 5.10 Å². The maximum absolute atomic E-state index is 12.8. The number of benzene rings is 1. The molecule has 1 aromatic carbocycles.